The second-order valence-electron chi connectivity index (χ2n) is 5.63. The Kier molecular flexibility index (Phi) is 6.53. The maximum absolute atomic E-state index is 13.8. The summed E-state index contributed by atoms with van der Waals surface area (Å²) in [7, 11) is 0. The van der Waals surface area contributed by atoms with Crippen LogP contribution in [0.15, 0.2) is 36.7 Å². The van der Waals surface area contributed by atoms with Crippen molar-refractivity contribution in [3.05, 3.63) is 53.6 Å². The second-order valence-corrected chi connectivity index (χ2v) is 5.63. The second kappa shape index (κ2) is 8.63. The minimum atomic E-state index is -0.276. The van der Waals surface area contributed by atoms with Crippen molar-refractivity contribution in [2.24, 2.45) is 0 Å². The molecular weight excluding hydrogens is 293 g/mol. The number of hydrogen-bond acceptors (Lipinski definition) is 3. The van der Waals surface area contributed by atoms with Crippen LogP contribution in [-0.4, -0.2) is 11.6 Å². The van der Waals surface area contributed by atoms with Gasteiger partial charge in [0.1, 0.15) is 17.3 Å². The molecule has 0 bridgehead atoms. The summed E-state index contributed by atoms with van der Waals surface area (Å²) < 4.78 is 25.2. The van der Waals surface area contributed by atoms with E-state index in [1.165, 1.54) is 6.07 Å². The summed E-state index contributed by atoms with van der Waals surface area (Å²) in [6.45, 7) is 7.18. The van der Waals surface area contributed by atoms with Gasteiger partial charge in [0.15, 0.2) is 0 Å². The topological polar surface area (TPSA) is 31.4 Å². The number of hydrogen-bond donors (Lipinski definition) is 0. The molecule has 2 aromatic rings. The highest BCUT2D eigenvalue weighted by molar-refractivity contribution is 5.39. The summed E-state index contributed by atoms with van der Waals surface area (Å²) in [5, 5.41) is 0. The van der Waals surface area contributed by atoms with Crippen LogP contribution in [0.2, 0.25) is 0 Å². The first kappa shape index (κ1) is 17.4. The Morgan fingerprint density at radius 3 is 2.78 bits per heavy atom. The molecule has 1 aromatic carbocycles. The molecular formula is C19H24FNO2. The molecule has 0 aliphatic heterocycles. The first-order chi connectivity index (χ1) is 11.2. The van der Waals surface area contributed by atoms with E-state index >= 15 is 0 Å². The van der Waals surface area contributed by atoms with Gasteiger partial charge >= 0.3 is 0 Å². The molecule has 0 spiro atoms. The van der Waals surface area contributed by atoms with E-state index in [0.717, 1.165) is 18.4 Å². The summed E-state index contributed by atoms with van der Waals surface area (Å²) in [5.41, 5.74) is 1.61. The molecule has 2 rings (SSSR count). The van der Waals surface area contributed by atoms with E-state index in [1.807, 2.05) is 13.0 Å². The van der Waals surface area contributed by atoms with Crippen LogP contribution in [0.4, 0.5) is 4.39 Å². The number of benzene rings is 1. The molecule has 1 heterocycles. The monoisotopic (exact) mass is 317 g/mol. The zero-order chi connectivity index (χ0) is 16.7. The molecule has 1 aromatic heterocycles. The molecule has 0 saturated carbocycles. The first-order valence-electron chi connectivity index (χ1n) is 8.13. The van der Waals surface area contributed by atoms with Crippen LogP contribution < -0.4 is 4.74 Å². The van der Waals surface area contributed by atoms with Crippen molar-refractivity contribution < 1.29 is 13.9 Å². The molecule has 3 nitrogen and oxygen atoms in total. The highest BCUT2D eigenvalue weighted by Crippen LogP contribution is 2.32. The van der Waals surface area contributed by atoms with Crippen LogP contribution in [-0.2, 0) is 11.3 Å². The van der Waals surface area contributed by atoms with Crippen molar-refractivity contribution in [1.29, 1.82) is 0 Å². The molecule has 0 radical (unpaired) electrons. The van der Waals surface area contributed by atoms with Gasteiger partial charge in [0.25, 0.3) is 0 Å². The Morgan fingerprint density at radius 2 is 2.04 bits per heavy atom. The number of nitrogens with zero attached hydrogens (tertiary/aromatic N) is 1. The van der Waals surface area contributed by atoms with Gasteiger partial charge < -0.3 is 9.47 Å². The Hall–Kier alpha value is -1.94. The SMILES string of the molecule is CCCOCc1cc(Oc2cnccc2C(C)CC)ccc1F. The van der Waals surface area contributed by atoms with Crippen molar-refractivity contribution in [1.82, 2.24) is 4.98 Å². The standard InChI is InChI=1S/C19H24FNO2/c1-4-10-22-13-15-11-16(6-7-18(15)20)23-19-12-21-9-8-17(19)14(3)5-2/h6-9,11-12,14H,4-5,10,13H2,1-3H3. The average Bonchev–Trinajstić information content (AvgIpc) is 2.57. The molecule has 0 amide bonds. The van der Waals surface area contributed by atoms with Crippen molar-refractivity contribution >= 4 is 0 Å². The van der Waals surface area contributed by atoms with E-state index in [4.69, 9.17) is 9.47 Å². The van der Waals surface area contributed by atoms with E-state index in [2.05, 4.69) is 18.8 Å². The average molecular weight is 317 g/mol. The van der Waals surface area contributed by atoms with Crippen LogP contribution in [0.25, 0.3) is 0 Å². The third-order valence-corrected chi connectivity index (χ3v) is 3.81. The van der Waals surface area contributed by atoms with Gasteiger partial charge in [-0.15, -0.1) is 0 Å². The van der Waals surface area contributed by atoms with E-state index in [0.29, 0.717) is 29.6 Å². The van der Waals surface area contributed by atoms with E-state index in [9.17, 15) is 4.39 Å². The maximum Gasteiger partial charge on any atom is 0.149 e. The summed E-state index contributed by atoms with van der Waals surface area (Å²) in [5.74, 6) is 1.41. The zero-order valence-corrected chi connectivity index (χ0v) is 14.0. The van der Waals surface area contributed by atoms with Gasteiger partial charge in [-0.25, -0.2) is 4.39 Å². The van der Waals surface area contributed by atoms with E-state index in [-0.39, 0.29) is 12.4 Å². The largest absolute Gasteiger partial charge is 0.455 e. The summed E-state index contributed by atoms with van der Waals surface area (Å²) in [6.07, 6.45) is 5.40. The number of ether oxygens (including phenoxy) is 2. The third-order valence-electron chi connectivity index (χ3n) is 3.81. The normalized spacial score (nSPS) is 12.2. The Bertz CT molecular complexity index is 631. The fraction of sp³-hybridized carbons (Fsp3) is 0.421. The van der Waals surface area contributed by atoms with E-state index in [1.54, 1.807) is 24.5 Å². The summed E-state index contributed by atoms with van der Waals surface area (Å²) in [6, 6.07) is 6.71. The molecule has 1 unspecified atom stereocenters. The van der Waals surface area contributed by atoms with Crippen LogP contribution in [0, 0.1) is 5.82 Å². The Morgan fingerprint density at radius 1 is 1.22 bits per heavy atom. The van der Waals surface area contributed by atoms with Crippen molar-refractivity contribution in [2.45, 2.75) is 46.1 Å². The predicted molar refractivity (Wildman–Crippen MR) is 89.4 cm³/mol. The fourth-order valence-corrected chi connectivity index (χ4v) is 2.28. The fourth-order valence-electron chi connectivity index (χ4n) is 2.28. The minimum Gasteiger partial charge on any atom is -0.455 e. The quantitative estimate of drug-likeness (QED) is 0.606. The van der Waals surface area contributed by atoms with Gasteiger partial charge in [0.2, 0.25) is 0 Å². The van der Waals surface area contributed by atoms with Crippen LogP contribution in [0.3, 0.4) is 0 Å². The molecule has 124 valence electrons. The molecule has 0 N–H and O–H groups in total. The summed E-state index contributed by atoms with van der Waals surface area (Å²) >= 11 is 0. The molecule has 23 heavy (non-hydrogen) atoms. The lowest BCUT2D eigenvalue weighted by atomic mass is 9.99. The first-order valence-corrected chi connectivity index (χ1v) is 8.13. The van der Waals surface area contributed by atoms with Gasteiger partial charge in [-0.1, -0.05) is 20.8 Å². The van der Waals surface area contributed by atoms with Gasteiger partial charge in [-0.2, -0.15) is 0 Å². The van der Waals surface area contributed by atoms with Gasteiger partial charge in [0, 0.05) is 23.9 Å². The Balaban J connectivity index is 2.19. The van der Waals surface area contributed by atoms with Gasteiger partial charge in [0.05, 0.1) is 12.8 Å². The van der Waals surface area contributed by atoms with Crippen molar-refractivity contribution in [3.63, 3.8) is 0 Å². The predicted octanol–water partition coefficient (Wildman–Crippen LogP) is 5.45. The van der Waals surface area contributed by atoms with Crippen molar-refractivity contribution in [2.75, 3.05) is 6.61 Å². The summed E-state index contributed by atoms with van der Waals surface area (Å²) in [4.78, 5) is 4.14. The molecule has 4 heteroatoms. The minimum absolute atomic E-state index is 0.252. The van der Waals surface area contributed by atoms with E-state index < -0.39 is 0 Å². The van der Waals surface area contributed by atoms with Crippen molar-refractivity contribution in [3.8, 4) is 11.5 Å². The molecule has 1 atom stereocenters. The maximum atomic E-state index is 13.8. The van der Waals surface area contributed by atoms with Crippen LogP contribution >= 0.6 is 0 Å². The molecule has 0 aliphatic carbocycles. The number of rotatable bonds is 8. The molecule has 0 fully saturated rings. The van der Waals surface area contributed by atoms with Crippen LogP contribution in [0.1, 0.15) is 50.7 Å². The van der Waals surface area contributed by atoms with Gasteiger partial charge in [-0.05, 0) is 43.0 Å². The highest BCUT2D eigenvalue weighted by Gasteiger charge is 2.12. The number of pyridine rings is 1. The third kappa shape index (κ3) is 4.76. The number of halogens is 1. The zero-order valence-electron chi connectivity index (χ0n) is 14.0. The smallest absolute Gasteiger partial charge is 0.149 e. The van der Waals surface area contributed by atoms with Gasteiger partial charge in [-0.3, -0.25) is 4.98 Å². The Labute approximate surface area is 137 Å². The number of aromatic nitrogens is 1. The lowest BCUT2D eigenvalue weighted by Gasteiger charge is -2.15. The highest BCUT2D eigenvalue weighted by atomic mass is 19.1. The van der Waals surface area contributed by atoms with Crippen LogP contribution in [0.5, 0.6) is 11.5 Å². The lowest BCUT2D eigenvalue weighted by molar-refractivity contribution is 0.119. The molecule has 0 saturated heterocycles. The lowest BCUT2D eigenvalue weighted by Crippen LogP contribution is -2.00. The molecule has 0 aliphatic rings.